The minimum Gasteiger partial charge on any atom is -0.250 e. The van der Waals surface area contributed by atoms with Crippen molar-refractivity contribution < 1.29 is 21.2 Å². The number of aryl methyl sites for hydroxylation is 1. The fourth-order valence-corrected chi connectivity index (χ4v) is 4.09. The van der Waals surface area contributed by atoms with Crippen LogP contribution in [-0.2, 0) is 19.9 Å². The van der Waals surface area contributed by atoms with Crippen LogP contribution in [0, 0.1) is 12.7 Å². The molecule has 0 aliphatic heterocycles. The first-order valence-corrected chi connectivity index (χ1v) is 9.78. The minimum absolute atomic E-state index is 0.128. The first-order valence-electron chi connectivity index (χ1n) is 6.45. The Bertz CT molecular complexity index is 956. The largest absolute Gasteiger partial charge is 0.265 e. The fraction of sp³-hybridized carbons (Fsp3) is 0.214. The second-order valence-electron chi connectivity index (χ2n) is 4.98. The lowest BCUT2D eigenvalue weighted by Gasteiger charge is -2.20. The van der Waals surface area contributed by atoms with Crippen LogP contribution in [0.25, 0.3) is 0 Å². The summed E-state index contributed by atoms with van der Waals surface area (Å²) in [5, 5.41) is 0. The zero-order valence-corrected chi connectivity index (χ0v) is 14.3. The molecule has 0 spiro atoms. The Morgan fingerprint density at radius 1 is 1.13 bits per heavy atom. The average Bonchev–Trinajstić information content (AvgIpc) is 2.46. The lowest BCUT2D eigenvalue weighted by atomic mass is 10.2. The number of aromatic nitrogens is 1. The number of rotatable bonds is 4. The summed E-state index contributed by atoms with van der Waals surface area (Å²) in [6.07, 6.45) is 2.25. The molecule has 0 fully saturated rings. The first kappa shape index (κ1) is 17.4. The van der Waals surface area contributed by atoms with Gasteiger partial charge < -0.3 is 0 Å². The number of anilines is 1. The molecule has 0 atom stereocenters. The molecule has 2 aromatic rings. The van der Waals surface area contributed by atoms with Crippen molar-refractivity contribution in [2.75, 3.05) is 17.6 Å². The zero-order chi connectivity index (χ0) is 17.4. The second-order valence-corrected chi connectivity index (χ2v) is 8.93. The van der Waals surface area contributed by atoms with Crippen LogP contribution in [-0.4, -0.2) is 35.1 Å². The number of benzene rings is 1. The lowest BCUT2D eigenvalue weighted by Crippen LogP contribution is -2.29. The standard InChI is InChI=1S/C14H15FN2O4S2/c1-10-6-7-11(22(3,18)19)9-13(10)23(20,21)17(2)14-12(15)5-4-8-16-14/h4-9H,1-3H3. The highest BCUT2D eigenvalue weighted by Gasteiger charge is 2.27. The first-order chi connectivity index (χ1) is 10.5. The smallest absolute Gasteiger partial charge is 0.250 e. The SMILES string of the molecule is Cc1ccc(S(C)(=O)=O)cc1S(=O)(=O)N(C)c1ncccc1F. The van der Waals surface area contributed by atoms with Crippen LogP contribution < -0.4 is 4.31 Å². The topological polar surface area (TPSA) is 84.4 Å². The van der Waals surface area contributed by atoms with Gasteiger partial charge in [-0.25, -0.2) is 26.2 Å². The van der Waals surface area contributed by atoms with Gasteiger partial charge in [-0.2, -0.15) is 0 Å². The number of pyridine rings is 1. The average molecular weight is 358 g/mol. The molecule has 0 N–H and O–H groups in total. The summed E-state index contributed by atoms with van der Waals surface area (Å²) in [7, 11) is -6.58. The van der Waals surface area contributed by atoms with Crippen molar-refractivity contribution in [2.24, 2.45) is 0 Å². The summed E-state index contributed by atoms with van der Waals surface area (Å²) in [6, 6.07) is 6.22. The molecule has 0 amide bonds. The van der Waals surface area contributed by atoms with Crippen molar-refractivity contribution in [1.29, 1.82) is 0 Å². The number of nitrogens with zero attached hydrogens (tertiary/aromatic N) is 2. The van der Waals surface area contributed by atoms with E-state index >= 15 is 0 Å². The van der Waals surface area contributed by atoms with Gasteiger partial charge in [0.15, 0.2) is 21.5 Å². The van der Waals surface area contributed by atoms with Gasteiger partial charge in [0.05, 0.1) is 9.79 Å². The van der Waals surface area contributed by atoms with E-state index < -0.39 is 25.7 Å². The molecule has 0 bridgehead atoms. The molecule has 0 aliphatic carbocycles. The Labute approximate surface area is 134 Å². The molecule has 23 heavy (non-hydrogen) atoms. The van der Waals surface area contributed by atoms with Gasteiger partial charge >= 0.3 is 0 Å². The third kappa shape index (κ3) is 3.35. The summed E-state index contributed by atoms with van der Waals surface area (Å²) < 4.78 is 63.2. The van der Waals surface area contributed by atoms with Gasteiger partial charge in [0.25, 0.3) is 10.0 Å². The number of sulfone groups is 1. The highest BCUT2D eigenvalue weighted by molar-refractivity contribution is 7.93. The van der Waals surface area contributed by atoms with E-state index in [4.69, 9.17) is 0 Å². The zero-order valence-electron chi connectivity index (χ0n) is 12.7. The Balaban J connectivity index is 2.63. The van der Waals surface area contributed by atoms with Crippen molar-refractivity contribution in [3.8, 4) is 0 Å². The Kier molecular flexibility index (Phi) is 4.45. The highest BCUT2D eigenvalue weighted by atomic mass is 32.2. The summed E-state index contributed by atoms with van der Waals surface area (Å²) in [4.78, 5) is 3.38. The Morgan fingerprint density at radius 2 is 1.78 bits per heavy atom. The molecular weight excluding hydrogens is 343 g/mol. The van der Waals surface area contributed by atoms with Crippen molar-refractivity contribution in [3.63, 3.8) is 0 Å². The molecule has 0 saturated carbocycles. The van der Waals surface area contributed by atoms with Gasteiger partial charge in [0, 0.05) is 19.5 Å². The van der Waals surface area contributed by atoms with Crippen LogP contribution in [0.2, 0.25) is 0 Å². The van der Waals surface area contributed by atoms with E-state index in [1.165, 1.54) is 31.3 Å². The van der Waals surface area contributed by atoms with Gasteiger partial charge in [0.2, 0.25) is 0 Å². The lowest BCUT2D eigenvalue weighted by molar-refractivity contribution is 0.586. The van der Waals surface area contributed by atoms with Gasteiger partial charge in [-0.15, -0.1) is 0 Å². The summed E-state index contributed by atoms with van der Waals surface area (Å²) in [6.45, 7) is 1.53. The predicted octanol–water partition coefficient (Wildman–Crippen LogP) is 1.76. The van der Waals surface area contributed by atoms with Gasteiger partial charge in [0.1, 0.15) is 0 Å². The molecule has 0 saturated heterocycles. The Morgan fingerprint density at radius 3 is 2.35 bits per heavy atom. The summed E-state index contributed by atoms with van der Waals surface area (Å²) in [5.74, 6) is -1.16. The van der Waals surface area contributed by atoms with Crippen molar-refractivity contribution in [2.45, 2.75) is 16.7 Å². The van der Waals surface area contributed by atoms with Crippen molar-refractivity contribution >= 4 is 25.7 Å². The van der Waals surface area contributed by atoms with E-state index in [0.29, 0.717) is 9.87 Å². The molecule has 124 valence electrons. The van der Waals surface area contributed by atoms with Crippen LogP contribution in [0.3, 0.4) is 0 Å². The number of sulfonamides is 1. The molecule has 1 heterocycles. The highest BCUT2D eigenvalue weighted by Crippen LogP contribution is 2.26. The molecule has 2 rings (SSSR count). The molecule has 9 heteroatoms. The minimum atomic E-state index is -4.16. The van der Waals surface area contributed by atoms with E-state index in [2.05, 4.69) is 4.98 Å². The fourth-order valence-electron chi connectivity index (χ4n) is 1.96. The van der Waals surface area contributed by atoms with E-state index in [0.717, 1.165) is 25.4 Å². The number of hydrogen-bond acceptors (Lipinski definition) is 5. The quantitative estimate of drug-likeness (QED) is 0.831. The van der Waals surface area contributed by atoms with Gasteiger partial charge in [-0.05, 0) is 36.8 Å². The Hall–Kier alpha value is -2.00. The maximum atomic E-state index is 13.8. The van der Waals surface area contributed by atoms with Crippen molar-refractivity contribution in [1.82, 2.24) is 4.98 Å². The van der Waals surface area contributed by atoms with Crippen LogP contribution in [0.1, 0.15) is 5.56 Å². The molecule has 0 aliphatic rings. The molecule has 1 aromatic carbocycles. The summed E-state index contributed by atoms with van der Waals surface area (Å²) >= 11 is 0. The van der Waals surface area contributed by atoms with E-state index in [9.17, 15) is 21.2 Å². The summed E-state index contributed by atoms with van der Waals surface area (Å²) in [5.41, 5.74) is 0.348. The molecule has 0 unspecified atom stereocenters. The monoisotopic (exact) mass is 358 g/mol. The molecule has 6 nitrogen and oxygen atoms in total. The maximum Gasteiger partial charge on any atom is 0.265 e. The van der Waals surface area contributed by atoms with Crippen LogP contribution >= 0.6 is 0 Å². The van der Waals surface area contributed by atoms with Crippen molar-refractivity contribution in [3.05, 3.63) is 47.9 Å². The number of halogens is 1. The normalized spacial score (nSPS) is 12.2. The van der Waals surface area contributed by atoms with Crippen LogP contribution in [0.4, 0.5) is 10.2 Å². The number of hydrogen-bond donors (Lipinski definition) is 0. The molecule has 0 radical (unpaired) electrons. The maximum absolute atomic E-state index is 13.8. The third-order valence-electron chi connectivity index (χ3n) is 3.26. The van der Waals surface area contributed by atoms with E-state index in [1.54, 1.807) is 0 Å². The second kappa shape index (κ2) is 5.89. The van der Waals surface area contributed by atoms with Gasteiger partial charge in [-0.3, -0.25) is 4.31 Å². The van der Waals surface area contributed by atoms with Gasteiger partial charge in [-0.1, -0.05) is 6.07 Å². The third-order valence-corrected chi connectivity index (χ3v) is 6.26. The van der Waals surface area contributed by atoms with Crippen LogP contribution in [0.15, 0.2) is 46.3 Å². The predicted molar refractivity (Wildman–Crippen MR) is 84.1 cm³/mol. The molecular formula is C14H15FN2O4S2. The van der Waals surface area contributed by atoms with E-state index in [-0.39, 0.29) is 15.6 Å². The van der Waals surface area contributed by atoms with Crippen LogP contribution in [0.5, 0.6) is 0 Å². The van der Waals surface area contributed by atoms with E-state index in [1.807, 2.05) is 0 Å². The molecule has 1 aromatic heterocycles.